The van der Waals surface area contributed by atoms with Crippen LogP contribution in [0.2, 0.25) is 52.4 Å². The summed E-state index contributed by atoms with van der Waals surface area (Å²) < 4.78 is 36.1. The molecule has 0 bridgehead atoms. The molecule has 0 unspecified atom stereocenters. The predicted molar refractivity (Wildman–Crippen MR) is 113 cm³/mol. The van der Waals surface area contributed by atoms with E-state index in [2.05, 4.69) is 13.2 Å². The number of hydrogen-bond acceptors (Lipinski definition) is 8. The highest BCUT2D eigenvalue weighted by Crippen LogP contribution is 2.30. The van der Waals surface area contributed by atoms with Gasteiger partial charge in [0, 0.05) is 0 Å². The van der Waals surface area contributed by atoms with Crippen molar-refractivity contribution < 1.29 is 34.3 Å². The molecule has 1 aliphatic rings. The van der Waals surface area contributed by atoms with Crippen LogP contribution in [0.15, 0.2) is 24.6 Å². The maximum absolute atomic E-state index is 10.9. The van der Waals surface area contributed by atoms with Gasteiger partial charge in [-0.15, -0.1) is 0 Å². The van der Waals surface area contributed by atoms with Gasteiger partial charge in [0.25, 0.3) is 0 Å². The van der Waals surface area contributed by atoms with E-state index in [0.717, 1.165) is 0 Å². The van der Waals surface area contributed by atoms with Crippen molar-refractivity contribution in [1.29, 1.82) is 0 Å². The zero-order chi connectivity index (χ0) is 20.7. The Morgan fingerprint density at radius 3 is 0.846 bits per heavy atom. The average Bonchev–Trinajstić information content (AvgIpc) is 2.30. The van der Waals surface area contributed by atoms with Gasteiger partial charge in [-0.25, -0.2) is 0 Å². The molecule has 2 N–H and O–H groups in total. The van der Waals surface area contributed by atoms with Gasteiger partial charge in [-0.1, -0.05) is 13.2 Å². The lowest BCUT2D eigenvalue weighted by Gasteiger charge is -2.44. The average molecular weight is 473 g/mol. The third-order valence-corrected chi connectivity index (χ3v) is 24.5. The van der Waals surface area contributed by atoms with E-state index in [0.29, 0.717) is 0 Å². The van der Waals surface area contributed by atoms with E-state index in [9.17, 15) is 9.59 Å². The van der Waals surface area contributed by atoms with Crippen LogP contribution in [0.25, 0.3) is 0 Å². The number of hydrogen-bond donors (Lipinski definition) is 2. The second-order valence-corrected chi connectivity index (χ2v) is 27.3. The molecule has 8 nitrogen and oxygen atoms in total. The maximum Gasteiger partial charge on any atom is 0.508 e. The molecule has 1 saturated heterocycles. The van der Waals surface area contributed by atoms with Crippen molar-refractivity contribution in [3.63, 3.8) is 0 Å². The van der Waals surface area contributed by atoms with E-state index >= 15 is 0 Å². The van der Waals surface area contributed by atoms with Crippen LogP contribution in [0.4, 0.5) is 0 Å². The highest BCUT2D eigenvalue weighted by molar-refractivity contribution is 6.93. The van der Waals surface area contributed by atoms with E-state index in [1.165, 1.54) is 11.4 Å². The first-order valence-corrected chi connectivity index (χ1v) is 23.2. The fourth-order valence-electron chi connectivity index (χ4n) is 2.88. The SMILES string of the molecule is C=C[Si]1(O)O[Si](C)(C)O[Si](C)(C)O[Si](O)(C=C)O[Si](C)(C)O[Si](C)(C)O1. The molecule has 1 rings (SSSR count). The predicted octanol–water partition coefficient (Wildman–Crippen LogP) is 2.22. The molecule has 0 aromatic carbocycles. The van der Waals surface area contributed by atoms with Gasteiger partial charge in [-0.2, -0.15) is 0 Å². The second-order valence-electron chi connectivity index (χ2n) is 7.88. The minimum absolute atomic E-state index is 1.31. The minimum Gasteiger partial charge on any atom is -0.416 e. The first kappa shape index (κ1) is 24.5. The zero-order valence-corrected chi connectivity index (χ0v) is 22.9. The van der Waals surface area contributed by atoms with E-state index in [-0.39, 0.29) is 0 Å². The molecule has 26 heavy (non-hydrogen) atoms. The van der Waals surface area contributed by atoms with Crippen LogP contribution in [-0.4, -0.2) is 61.4 Å². The Morgan fingerprint density at radius 2 is 0.692 bits per heavy atom. The van der Waals surface area contributed by atoms with Crippen LogP contribution in [-0.2, 0) is 24.7 Å². The molecule has 0 aromatic rings. The van der Waals surface area contributed by atoms with E-state index in [1.807, 2.05) is 0 Å². The van der Waals surface area contributed by atoms with Crippen LogP contribution in [0, 0.1) is 0 Å². The van der Waals surface area contributed by atoms with Gasteiger partial charge >= 0.3 is 51.9 Å². The lowest BCUT2D eigenvalue weighted by molar-refractivity contribution is 0.174. The highest BCUT2D eigenvalue weighted by atomic mass is 28.5. The Bertz CT molecular complexity index is 472. The third kappa shape index (κ3) is 7.47. The maximum atomic E-state index is 10.9. The molecule has 14 heteroatoms. The van der Waals surface area contributed by atoms with Gasteiger partial charge in [0.05, 0.1) is 0 Å². The Morgan fingerprint density at radius 1 is 0.500 bits per heavy atom. The molecular formula is C12H32O8Si6. The largest absolute Gasteiger partial charge is 0.508 e. The summed E-state index contributed by atoms with van der Waals surface area (Å²) in [6.45, 7) is 21.6. The van der Waals surface area contributed by atoms with E-state index in [4.69, 9.17) is 24.7 Å². The van der Waals surface area contributed by atoms with Crippen molar-refractivity contribution in [3.8, 4) is 0 Å². The Labute approximate surface area is 163 Å². The molecule has 0 aliphatic carbocycles. The smallest absolute Gasteiger partial charge is 0.416 e. The topological polar surface area (TPSA) is 95.8 Å². The molecule has 0 atom stereocenters. The molecule has 1 heterocycles. The fourth-order valence-corrected chi connectivity index (χ4v) is 28.2. The van der Waals surface area contributed by atoms with Crippen molar-refractivity contribution in [2.45, 2.75) is 52.4 Å². The Hall–Kier alpha value is 0.461. The minimum atomic E-state index is -3.73. The first-order chi connectivity index (χ1) is 11.4. The van der Waals surface area contributed by atoms with Crippen LogP contribution >= 0.6 is 0 Å². The summed E-state index contributed by atoms with van der Waals surface area (Å²) in [5.74, 6) is 0. The van der Waals surface area contributed by atoms with E-state index in [1.54, 1.807) is 52.4 Å². The monoisotopic (exact) mass is 472 g/mol. The zero-order valence-electron chi connectivity index (χ0n) is 16.9. The lowest BCUT2D eigenvalue weighted by Crippen LogP contribution is -2.66. The normalized spacial score (nSPS) is 37.0. The summed E-state index contributed by atoms with van der Waals surface area (Å²) in [4.78, 5) is 21.8. The fraction of sp³-hybridized carbons (Fsp3) is 0.667. The van der Waals surface area contributed by atoms with Gasteiger partial charge in [-0.3, -0.25) is 0 Å². The van der Waals surface area contributed by atoms with Gasteiger partial charge in [0.1, 0.15) is 0 Å². The van der Waals surface area contributed by atoms with Crippen molar-refractivity contribution in [3.05, 3.63) is 24.6 Å². The van der Waals surface area contributed by atoms with Crippen LogP contribution in [0.5, 0.6) is 0 Å². The van der Waals surface area contributed by atoms with Gasteiger partial charge in [0.15, 0.2) is 0 Å². The quantitative estimate of drug-likeness (QED) is 0.591. The summed E-state index contributed by atoms with van der Waals surface area (Å²) in [5, 5.41) is 0. The second kappa shape index (κ2) is 7.71. The van der Waals surface area contributed by atoms with Crippen LogP contribution in [0.3, 0.4) is 0 Å². The summed E-state index contributed by atoms with van der Waals surface area (Å²) in [6.07, 6.45) is 0. The van der Waals surface area contributed by atoms with E-state index < -0.39 is 51.9 Å². The van der Waals surface area contributed by atoms with Crippen molar-refractivity contribution in [1.82, 2.24) is 0 Å². The molecule has 1 fully saturated rings. The molecule has 0 amide bonds. The molecule has 0 aromatic heterocycles. The van der Waals surface area contributed by atoms with Crippen molar-refractivity contribution in [2.24, 2.45) is 0 Å². The van der Waals surface area contributed by atoms with Crippen LogP contribution in [0.1, 0.15) is 0 Å². The van der Waals surface area contributed by atoms with Gasteiger partial charge < -0.3 is 34.3 Å². The highest BCUT2D eigenvalue weighted by Gasteiger charge is 2.55. The molecule has 1 aliphatic heterocycles. The molecule has 0 saturated carbocycles. The third-order valence-electron chi connectivity index (χ3n) is 3.07. The molecular weight excluding hydrogens is 441 g/mol. The lowest BCUT2D eigenvalue weighted by atomic mass is 11.3. The standard InChI is InChI=1S/C12H32O8Si6/c1-11-25(13)17-21(3,4)15-23(7,8)19-26(14,12-2)20-24(9,10)16-22(5,6)18-25/h11-14H,1-2H2,3-10H3. The van der Waals surface area contributed by atoms with Crippen molar-refractivity contribution in [2.75, 3.05) is 0 Å². The van der Waals surface area contributed by atoms with Crippen LogP contribution < -0.4 is 0 Å². The summed E-state index contributed by atoms with van der Waals surface area (Å²) in [5.41, 5.74) is 2.63. The molecule has 0 radical (unpaired) electrons. The Balaban J connectivity index is 3.39. The number of rotatable bonds is 2. The molecule has 0 spiro atoms. The summed E-state index contributed by atoms with van der Waals surface area (Å²) in [6, 6.07) is 0. The van der Waals surface area contributed by atoms with Gasteiger partial charge in [-0.05, 0) is 63.8 Å². The first-order valence-electron chi connectivity index (χ1n) is 8.29. The Kier molecular flexibility index (Phi) is 7.26. The van der Waals surface area contributed by atoms with Gasteiger partial charge in [0.2, 0.25) is 0 Å². The summed E-state index contributed by atoms with van der Waals surface area (Å²) >= 11 is 0. The van der Waals surface area contributed by atoms with Crippen molar-refractivity contribution >= 4 is 51.9 Å². The summed E-state index contributed by atoms with van der Waals surface area (Å²) in [7, 11) is -19.0. The molecule has 152 valence electrons.